The predicted molar refractivity (Wildman–Crippen MR) is 97.4 cm³/mol. The third-order valence-electron chi connectivity index (χ3n) is 4.13. The molecule has 3 aromatic rings. The molecule has 0 radical (unpaired) electrons. The fourth-order valence-electron chi connectivity index (χ4n) is 2.92. The van der Waals surface area contributed by atoms with Crippen molar-refractivity contribution in [3.05, 3.63) is 88.8 Å². The molecule has 4 nitrogen and oxygen atoms in total. The van der Waals surface area contributed by atoms with Crippen LogP contribution in [0.2, 0.25) is 0 Å². The van der Waals surface area contributed by atoms with E-state index in [0.717, 1.165) is 5.69 Å². The quantitative estimate of drug-likeness (QED) is 0.399. The van der Waals surface area contributed by atoms with E-state index in [1.165, 1.54) is 12.1 Å². The normalized spacial score (nSPS) is 11.2. The van der Waals surface area contributed by atoms with E-state index >= 15 is 0 Å². The van der Waals surface area contributed by atoms with Gasteiger partial charge in [-0.25, -0.2) is 4.39 Å². The molecule has 26 heavy (non-hydrogen) atoms. The number of halogens is 1. The number of nitriles is 1. The van der Waals surface area contributed by atoms with Crippen LogP contribution in [0.4, 0.5) is 4.39 Å². The molecule has 1 aromatic carbocycles. The second-order valence-electron chi connectivity index (χ2n) is 5.86. The number of carbonyl (C=O) groups excluding carboxylic acids is 1. The van der Waals surface area contributed by atoms with Crippen LogP contribution in [0.3, 0.4) is 0 Å². The molecule has 0 aliphatic carbocycles. The van der Waals surface area contributed by atoms with Crippen molar-refractivity contribution >= 4 is 11.9 Å². The highest BCUT2D eigenvalue weighted by molar-refractivity contribution is 6.14. The van der Waals surface area contributed by atoms with E-state index in [1.54, 1.807) is 67.2 Å². The van der Waals surface area contributed by atoms with E-state index in [0.29, 0.717) is 22.5 Å². The molecule has 0 aliphatic rings. The third-order valence-corrected chi connectivity index (χ3v) is 4.13. The van der Waals surface area contributed by atoms with Gasteiger partial charge in [0.15, 0.2) is 0 Å². The van der Waals surface area contributed by atoms with Crippen molar-refractivity contribution in [3.8, 4) is 11.8 Å². The molecule has 5 heteroatoms. The maximum atomic E-state index is 14.2. The van der Waals surface area contributed by atoms with Gasteiger partial charge in [0.25, 0.3) is 0 Å². The molecule has 0 N–H and O–H groups in total. The topological polar surface area (TPSA) is 58.7 Å². The van der Waals surface area contributed by atoms with Gasteiger partial charge in [0, 0.05) is 29.3 Å². The molecule has 2 aromatic heterocycles. The van der Waals surface area contributed by atoms with Gasteiger partial charge in [0.1, 0.15) is 17.5 Å². The zero-order valence-corrected chi connectivity index (χ0v) is 14.4. The molecule has 0 fully saturated rings. The van der Waals surface area contributed by atoms with Gasteiger partial charge in [0.2, 0.25) is 5.78 Å². The molecule has 0 saturated carbocycles. The Kier molecular flexibility index (Phi) is 4.76. The number of para-hydroxylation sites is 1. The number of nitrogens with zero attached hydrogens (tertiary/aromatic N) is 3. The highest BCUT2D eigenvalue weighted by Crippen LogP contribution is 2.25. The van der Waals surface area contributed by atoms with Crippen LogP contribution in [-0.2, 0) is 0 Å². The molecule has 0 unspecified atom stereocenters. The Bertz CT molecular complexity index is 1040. The van der Waals surface area contributed by atoms with Crippen LogP contribution in [0, 0.1) is 31.0 Å². The number of ketones is 1. The third kappa shape index (κ3) is 3.17. The largest absolute Gasteiger partial charge is 0.315 e. The predicted octanol–water partition coefficient (Wildman–Crippen LogP) is 4.42. The average Bonchev–Trinajstić information content (AvgIpc) is 2.95. The number of allylic oxidation sites excluding steroid dienone is 1. The molecule has 0 amide bonds. The van der Waals surface area contributed by atoms with Crippen molar-refractivity contribution in [1.29, 1.82) is 5.26 Å². The van der Waals surface area contributed by atoms with E-state index in [4.69, 9.17) is 0 Å². The molecule has 0 atom stereocenters. The number of rotatable bonds is 4. The Labute approximate surface area is 150 Å². The Hall–Kier alpha value is -3.52. The lowest BCUT2D eigenvalue weighted by molar-refractivity contribution is 0.103. The molecule has 128 valence electrons. The van der Waals surface area contributed by atoms with E-state index in [1.807, 2.05) is 6.07 Å². The van der Waals surface area contributed by atoms with E-state index in [9.17, 15) is 14.4 Å². The van der Waals surface area contributed by atoms with E-state index < -0.39 is 5.78 Å². The maximum Gasteiger partial charge on any atom is 0.205 e. The molecule has 0 saturated heterocycles. The summed E-state index contributed by atoms with van der Waals surface area (Å²) in [6, 6.07) is 13.5. The minimum atomic E-state index is -0.396. The number of carbonyl (C=O) groups is 1. The fourth-order valence-corrected chi connectivity index (χ4v) is 2.92. The molecule has 3 rings (SSSR count). The van der Waals surface area contributed by atoms with Crippen LogP contribution in [-0.4, -0.2) is 15.3 Å². The van der Waals surface area contributed by atoms with Gasteiger partial charge in [0.05, 0.1) is 5.69 Å². The summed E-state index contributed by atoms with van der Waals surface area (Å²) in [4.78, 5) is 16.8. The molecule has 0 aliphatic heterocycles. The highest BCUT2D eigenvalue weighted by atomic mass is 19.1. The summed E-state index contributed by atoms with van der Waals surface area (Å²) in [5.74, 6) is -0.772. The van der Waals surface area contributed by atoms with Crippen LogP contribution in [0.5, 0.6) is 0 Å². The van der Waals surface area contributed by atoms with Crippen LogP contribution in [0.1, 0.15) is 27.3 Å². The zero-order chi connectivity index (χ0) is 18.7. The van der Waals surface area contributed by atoms with Gasteiger partial charge in [-0.15, -0.1) is 0 Å². The van der Waals surface area contributed by atoms with Crippen molar-refractivity contribution in [2.75, 3.05) is 0 Å². The molecular formula is C21H16FN3O. The number of Topliss-reactive ketones (excluding diaryl/α,β-unsaturated/α-hetero) is 1. The molecule has 0 bridgehead atoms. The lowest BCUT2D eigenvalue weighted by Crippen LogP contribution is -2.06. The number of aryl methyl sites for hydroxylation is 1. The first kappa shape index (κ1) is 17.3. The van der Waals surface area contributed by atoms with Gasteiger partial charge >= 0.3 is 0 Å². The Morgan fingerprint density at radius 2 is 2.00 bits per heavy atom. The number of aromatic nitrogens is 2. The number of hydrogen-bond donors (Lipinski definition) is 0. The van der Waals surface area contributed by atoms with Crippen LogP contribution in [0.25, 0.3) is 11.8 Å². The average molecular weight is 345 g/mol. The van der Waals surface area contributed by atoms with Gasteiger partial charge in [-0.3, -0.25) is 9.78 Å². The summed E-state index contributed by atoms with van der Waals surface area (Å²) in [6.45, 7) is 3.54. The van der Waals surface area contributed by atoms with E-state index in [2.05, 4.69) is 4.98 Å². The summed E-state index contributed by atoms with van der Waals surface area (Å²) in [6.07, 6.45) is 4.70. The van der Waals surface area contributed by atoms with Crippen molar-refractivity contribution in [1.82, 2.24) is 9.55 Å². The lowest BCUT2D eigenvalue weighted by atomic mass is 10.0. The summed E-state index contributed by atoms with van der Waals surface area (Å²) in [5, 5.41) is 9.42. The summed E-state index contributed by atoms with van der Waals surface area (Å²) < 4.78 is 15.9. The van der Waals surface area contributed by atoms with Crippen molar-refractivity contribution in [2.45, 2.75) is 13.8 Å². The summed E-state index contributed by atoms with van der Waals surface area (Å²) in [7, 11) is 0. The first-order chi connectivity index (χ1) is 12.5. The van der Waals surface area contributed by atoms with Crippen molar-refractivity contribution < 1.29 is 9.18 Å². The van der Waals surface area contributed by atoms with Crippen molar-refractivity contribution in [2.24, 2.45) is 0 Å². The smallest absolute Gasteiger partial charge is 0.205 e. The van der Waals surface area contributed by atoms with Crippen LogP contribution < -0.4 is 0 Å². The number of benzene rings is 1. The maximum absolute atomic E-state index is 14.2. The first-order valence-corrected chi connectivity index (χ1v) is 8.03. The lowest BCUT2D eigenvalue weighted by Gasteiger charge is -2.10. The minimum absolute atomic E-state index is 0.00628. The Morgan fingerprint density at radius 3 is 2.65 bits per heavy atom. The summed E-state index contributed by atoms with van der Waals surface area (Å²) in [5.41, 5.74) is 2.73. The standard InChI is InChI=1S/C21H16FN3O/c1-14-10-18(15(2)25(14)20-8-4-3-7-19(20)22)21(26)17(12-23)11-16-6-5-9-24-13-16/h3-11,13H,1-2H3/b17-11+. The van der Waals surface area contributed by atoms with Crippen LogP contribution >= 0.6 is 0 Å². The monoisotopic (exact) mass is 345 g/mol. The SMILES string of the molecule is Cc1cc(C(=O)/C(C#N)=C/c2cccnc2)c(C)n1-c1ccccc1F. The number of hydrogen-bond acceptors (Lipinski definition) is 3. The van der Waals surface area contributed by atoms with Crippen LogP contribution in [0.15, 0.2) is 60.4 Å². The van der Waals surface area contributed by atoms with E-state index in [-0.39, 0.29) is 11.4 Å². The van der Waals surface area contributed by atoms with Gasteiger partial charge in [-0.2, -0.15) is 5.26 Å². The summed E-state index contributed by atoms with van der Waals surface area (Å²) >= 11 is 0. The second kappa shape index (κ2) is 7.16. The Morgan fingerprint density at radius 1 is 1.23 bits per heavy atom. The van der Waals surface area contributed by atoms with Gasteiger partial charge < -0.3 is 4.57 Å². The Balaban J connectivity index is 2.07. The van der Waals surface area contributed by atoms with Gasteiger partial charge in [-0.05, 0) is 49.8 Å². The number of pyridine rings is 1. The van der Waals surface area contributed by atoms with Gasteiger partial charge in [-0.1, -0.05) is 18.2 Å². The van der Waals surface area contributed by atoms with Crippen molar-refractivity contribution in [3.63, 3.8) is 0 Å². The molecule has 2 heterocycles. The first-order valence-electron chi connectivity index (χ1n) is 8.03. The molecule has 0 spiro atoms. The molecular weight excluding hydrogens is 329 g/mol. The zero-order valence-electron chi connectivity index (χ0n) is 14.4. The second-order valence-corrected chi connectivity index (χ2v) is 5.86. The minimum Gasteiger partial charge on any atom is -0.315 e. The fraction of sp³-hybridized carbons (Fsp3) is 0.0952. The highest BCUT2D eigenvalue weighted by Gasteiger charge is 2.21.